The summed E-state index contributed by atoms with van der Waals surface area (Å²) in [5.74, 6) is 0.0881. The molecule has 0 unspecified atom stereocenters. The fourth-order valence-electron chi connectivity index (χ4n) is 2.31. The molecule has 124 valence electrons. The van der Waals surface area contributed by atoms with Crippen molar-refractivity contribution in [2.75, 3.05) is 13.7 Å². The highest BCUT2D eigenvalue weighted by atomic mass is 35.5. The van der Waals surface area contributed by atoms with Crippen LogP contribution in [0.4, 0.5) is 18.0 Å². The average Bonchev–Trinajstić information content (AvgIpc) is 2.40. The monoisotopic (exact) mass is 339 g/mol. The van der Waals surface area contributed by atoms with E-state index in [1.54, 1.807) is 0 Å². The lowest BCUT2D eigenvalue weighted by molar-refractivity contribution is -0.137. The summed E-state index contributed by atoms with van der Waals surface area (Å²) in [6, 6.07) is 2.76. The summed E-state index contributed by atoms with van der Waals surface area (Å²) in [5.41, 5.74) is -0.771. The maximum Gasteiger partial charge on any atom is 0.416 e. The van der Waals surface area contributed by atoms with Crippen molar-refractivity contribution in [2.24, 2.45) is 5.41 Å². The highest BCUT2D eigenvalue weighted by molar-refractivity contribution is 5.85. The zero-order valence-electron chi connectivity index (χ0n) is 12.3. The summed E-state index contributed by atoms with van der Waals surface area (Å²) in [6.07, 6.45) is -5.04. The minimum atomic E-state index is -4.44. The molecule has 1 aromatic rings. The smallest absolute Gasteiger partial charge is 0.416 e. The lowest BCUT2D eigenvalue weighted by Gasteiger charge is -2.39. The molecule has 0 aromatic heterocycles. The van der Waals surface area contributed by atoms with Crippen LogP contribution in [-0.2, 0) is 10.9 Å². The number of benzene rings is 1. The first-order chi connectivity index (χ1) is 9.65. The van der Waals surface area contributed by atoms with E-state index >= 15 is 0 Å². The van der Waals surface area contributed by atoms with Crippen LogP contribution in [-0.4, -0.2) is 19.8 Å². The summed E-state index contributed by atoms with van der Waals surface area (Å²) in [4.78, 5) is 11.4. The fourth-order valence-corrected chi connectivity index (χ4v) is 2.31. The summed E-state index contributed by atoms with van der Waals surface area (Å²) in [7, 11) is 1.30. The number of carbonyl (C=O) groups is 1. The first-order valence-electron chi connectivity index (χ1n) is 6.33. The number of methoxy groups -OCH3 is 1. The topological polar surface area (TPSA) is 47.6 Å². The highest BCUT2D eigenvalue weighted by Gasteiger charge is 2.40. The molecule has 0 spiro atoms. The van der Waals surface area contributed by atoms with Gasteiger partial charge in [-0.2, -0.15) is 13.2 Å². The maximum absolute atomic E-state index is 12.7. The molecule has 2 rings (SSSR count). The van der Waals surface area contributed by atoms with E-state index in [-0.39, 0.29) is 24.8 Å². The van der Waals surface area contributed by atoms with Crippen LogP contribution in [0.3, 0.4) is 0 Å². The largest absolute Gasteiger partial charge is 0.496 e. The van der Waals surface area contributed by atoms with Crippen LogP contribution < -0.4 is 10.1 Å². The number of amides is 1. The van der Waals surface area contributed by atoms with E-state index in [2.05, 4.69) is 5.32 Å². The third-order valence-corrected chi connectivity index (χ3v) is 3.49. The third-order valence-electron chi connectivity index (χ3n) is 3.49. The Labute approximate surface area is 132 Å². The molecule has 1 saturated heterocycles. The van der Waals surface area contributed by atoms with Gasteiger partial charge in [-0.15, -0.1) is 12.4 Å². The van der Waals surface area contributed by atoms with Gasteiger partial charge in [-0.3, -0.25) is 0 Å². The lowest BCUT2D eigenvalue weighted by atomic mass is 9.80. The van der Waals surface area contributed by atoms with Crippen molar-refractivity contribution < 1.29 is 27.4 Å². The van der Waals surface area contributed by atoms with Crippen LogP contribution in [0.2, 0.25) is 0 Å². The van der Waals surface area contributed by atoms with Gasteiger partial charge >= 0.3 is 12.3 Å². The van der Waals surface area contributed by atoms with Gasteiger partial charge in [0.15, 0.2) is 0 Å². The van der Waals surface area contributed by atoms with Crippen LogP contribution in [0.1, 0.15) is 31.0 Å². The van der Waals surface area contributed by atoms with Crippen LogP contribution in [0.5, 0.6) is 5.75 Å². The minimum absolute atomic E-state index is 0. The third kappa shape index (κ3) is 3.58. The molecule has 8 heteroatoms. The van der Waals surface area contributed by atoms with Crippen molar-refractivity contribution in [2.45, 2.75) is 26.1 Å². The van der Waals surface area contributed by atoms with Crippen molar-refractivity contribution in [1.82, 2.24) is 5.32 Å². The Balaban J connectivity index is 0.00000242. The molecular weight excluding hydrogens is 323 g/mol. The average molecular weight is 340 g/mol. The molecular formula is C14H17ClF3NO3. The van der Waals surface area contributed by atoms with Crippen LogP contribution in [0.25, 0.3) is 0 Å². The number of nitrogens with one attached hydrogen (secondary N) is 1. The molecule has 1 heterocycles. The van der Waals surface area contributed by atoms with Gasteiger partial charge in [0.25, 0.3) is 0 Å². The van der Waals surface area contributed by atoms with Gasteiger partial charge in [0, 0.05) is 11.0 Å². The first-order valence-corrected chi connectivity index (χ1v) is 6.33. The number of ether oxygens (including phenoxy) is 2. The van der Waals surface area contributed by atoms with E-state index in [4.69, 9.17) is 9.47 Å². The molecule has 0 radical (unpaired) electrons. The molecule has 22 heavy (non-hydrogen) atoms. The Bertz CT molecular complexity index is 561. The van der Waals surface area contributed by atoms with Crippen LogP contribution >= 0.6 is 12.4 Å². The van der Waals surface area contributed by atoms with Crippen molar-refractivity contribution in [3.05, 3.63) is 29.3 Å². The van der Waals surface area contributed by atoms with Gasteiger partial charge in [0.1, 0.15) is 12.4 Å². The lowest BCUT2D eigenvalue weighted by Crippen LogP contribution is -2.47. The number of alkyl halides is 3. The Hall–Kier alpha value is -1.63. The minimum Gasteiger partial charge on any atom is -0.496 e. The molecule has 1 aliphatic heterocycles. The van der Waals surface area contributed by atoms with Crippen molar-refractivity contribution in [3.63, 3.8) is 0 Å². The molecule has 4 nitrogen and oxygen atoms in total. The molecule has 1 fully saturated rings. The molecule has 1 aromatic carbocycles. The summed E-state index contributed by atoms with van der Waals surface area (Å²) < 4.78 is 48.2. The SMILES string of the molecule is COc1cc(C(F)(F)F)ccc1[C@H]1NC(=O)OCC1(C)C.Cl. The van der Waals surface area contributed by atoms with Crippen LogP contribution in [0, 0.1) is 5.41 Å². The van der Waals surface area contributed by atoms with Gasteiger partial charge in [0.05, 0.1) is 18.7 Å². The number of rotatable bonds is 2. The first kappa shape index (κ1) is 18.4. The molecule has 0 bridgehead atoms. The van der Waals surface area contributed by atoms with Gasteiger partial charge in [-0.05, 0) is 12.1 Å². The van der Waals surface area contributed by atoms with Gasteiger partial charge in [0.2, 0.25) is 0 Å². The second-order valence-electron chi connectivity index (χ2n) is 5.60. The van der Waals surface area contributed by atoms with E-state index in [1.165, 1.54) is 13.2 Å². The Morgan fingerprint density at radius 2 is 2.00 bits per heavy atom. The molecule has 0 saturated carbocycles. The van der Waals surface area contributed by atoms with Gasteiger partial charge in [-0.25, -0.2) is 4.79 Å². The predicted molar refractivity (Wildman–Crippen MR) is 76.2 cm³/mol. The van der Waals surface area contributed by atoms with Gasteiger partial charge < -0.3 is 14.8 Å². The fraction of sp³-hybridized carbons (Fsp3) is 0.500. The second kappa shape index (κ2) is 6.24. The zero-order valence-corrected chi connectivity index (χ0v) is 13.1. The quantitative estimate of drug-likeness (QED) is 0.887. The molecule has 1 aliphatic rings. The van der Waals surface area contributed by atoms with E-state index in [0.29, 0.717) is 5.56 Å². The summed E-state index contributed by atoms with van der Waals surface area (Å²) in [5, 5.41) is 2.63. The Morgan fingerprint density at radius 3 is 2.55 bits per heavy atom. The normalized spacial score (nSPS) is 20.5. The van der Waals surface area contributed by atoms with E-state index in [9.17, 15) is 18.0 Å². The van der Waals surface area contributed by atoms with E-state index in [1.807, 2.05) is 13.8 Å². The highest BCUT2D eigenvalue weighted by Crippen LogP contribution is 2.42. The summed E-state index contributed by atoms with van der Waals surface area (Å²) in [6.45, 7) is 3.89. The number of cyclic esters (lactones) is 1. The Morgan fingerprint density at radius 1 is 1.36 bits per heavy atom. The number of alkyl carbamates (subject to hydrolysis) is 1. The molecule has 0 aliphatic carbocycles. The predicted octanol–water partition coefficient (Wildman–Crippen LogP) is 3.94. The zero-order chi connectivity index (χ0) is 15.8. The maximum atomic E-state index is 12.7. The Kier molecular flexibility index (Phi) is 5.22. The molecule has 1 amide bonds. The summed E-state index contributed by atoms with van der Waals surface area (Å²) >= 11 is 0. The number of hydrogen-bond acceptors (Lipinski definition) is 3. The van der Waals surface area contributed by atoms with Crippen molar-refractivity contribution in [3.8, 4) is 5.75 Å². The molecule has 1 atom stereocenters. The number of halogens is 4. The van der Waals surface area contributed by atoms with Crippen molar-refractivity contribution in [1.29, 1.82) is 0 Å². The van der Waals surface area contributed by atoms with E-state index < -0.39 is 29.3 Å². The standard InChI is InChI=1S/C14H16F3NO3.ClH/c1-13(2)7-21-12(19)18-11(13)9-5-4-8(14(15,16)17)6-10(9)20-3;/h4-6,11H,7H2,1-3H3,(H,18,19);1H/t11-;/m1./s1. The molecule has 1 N–H and O–H groups in total. The van der Waals surface area contributed by atoms with E-state index in [0.717, 1.165) is 12.1 Å². The van der Waals surface area contributed by atoms with Crippen molar-refractivity contribution >= 4 is 18.5 Å². The van der Waals surface area contributed by atoms with Gasteiger partial charge in [-0.1, -0.05) is 19.9 Å². The second-order valence-corrected chi connectivity index (χ2v) is 5.60. The number of hydrogen-bond donors (Lipinski definition) is 1. The number of carbonyl (C=O) groups excluding carboxylic acids is 1. The van der Waals surface area contributed by atoms with Crippen LogP contribution in [0.15, 0.2) is 18.2 Å².